The fourth-order valence-corrected chi connectivity index (χ4v) is 3.15. The smallest absolute Gasteiger partial charge is 0.246 e. The van der Waals surface area contributed by atoms with Gasteiger partial charge >= 0.3 is 0 Å². The van der Waals surface area contributed by atoms with Gasteiger partial charge in [-0.2, -0.15) is 4.31 Å². The van der Waals surface area contributed by atoms with E-state index in [0.717, 1.165) is 12.8 Å². The lowest BCUT2D eigenvalue weighted by Gasteiger charge is -2.23. The molecule has 0 bridgehead atoms. The van der Waals surface area contributed by atoms with Crippen molar-refractivity contribution in [2.24, 2.45) is 5.92 Å². The number of sulfonamides is 1. The molecule has 0 spiro atoms. The van der Waals surface area contributed by atoms with Crippen LogP contribution in [0.25, 0.3) is 0 Å². The van der Waals surface area contributed by atoms with Gasteiger partial charge in [-0.15, -0.1) is 0 Å². The van der Waals surface area contributed by atoms with Crippen LogP contribution in [0.1, 0.15) is 19.8 Å². The van der Waals surface area contributed by atoms with Gasteiger partial charge in [-0.05, 0) is 25.7 Å². The first-order valence-electron chi connectivity index (χ1n) is 5.94. The first kappa shape index (κ1) is 13.2. The van der Waals surface area contributed by atoms with Crippen LogP contribution >= 0.6 is 0 Å². The maximum atomic E-state index is 12.3. The summed E-state index contributed by atoms with van der Waals surface area (Å²) in [4.78, 5) is 8.01. The van der Waals surface area contributed by atoms with Crippen LogP contribution < -0.4 is 5.32 Å². The van der Waals surface area contributed by atoms with Crippen LogP contribution in [-0.4, -0.2) is 42.8 Å². The van der Waals surface area contributed by atoms with E-state index in [4.69, 9.17) is 0 Å². The minimum atomic E-state index is -3.49. The molecule has 1 saturated carbocycles. The van der Waals surface area contributed by atoms with Crippen LogP contribution in [0.2, 0.25) is 0 Å². The van der Waals surface area contributed by atoms with Gasteiger partial charge in [0, 0.05) is 20.1 Å². The summed E-state index contributed by atoms with van der Waals surface area (Å²) in [5.41, 5.74) is 0. The van der Waals surface area contributed by atoms with Crippen molar-refractivity contribution in [3.05, 3.63) is 12.4 Å². The van der Waals surface area contributed by atoms with Gasteiger partial charge in [0.2, 0.25) is 16.0 Å². The summed E-state index contributed by atoms with van der Waals surface area (Å²) < 4.78 is 26.1. The summed E-state index contributed by atoms with van der Waals surface area (Å²) in [6, 6.07) is 0.0268. The number of aromatic nitrogens is 2. The third-order valence-electron chi connectivity index (χ3n) is 3.41. The average molecular weight is 270 g/mol. The molecule has 1 atom stereocenters. The number of nitrogens with zero attached hydrogens (tertiary/aromatic N) is 3. The highest BCUT2D eigenvalue weighted by atomic mass is 32.2. The maximum absolute atomic E-state index is 12.3. The van der Waals surface area contributed by atoms with Gasteiger partial charge in [0.25, 0.3) is 0 Å². The Hall–Kier alpha value is -1.21. The molecule has 0 radical (unpaired) electrons. The summed E-state index contributed by atoms with van der Waals surface area (Å²) in [5.74, 6) is 0.897. The number of hydrogen-bond acceptors (Lipinski definition) is 5. The van der Waals surface area contributed by atoms with Gasteiger partial charge in [-0.25, -0.2) is 18.4 Å². The van der Waals surface area contributed by atoms with Crippen molar-refractivity contribution < 1.29 is 8.42 Å². The molecule has 1 heterocycles. The van der Waals surface area contributed by atoms with E-state index in [1.54, 1.807) is 14.1 Å². The highest BCUT2D eigenvalue weighted by Gasteiger charge is 2.36. The molecule has 0 aromatic carbocycles. The quantitative estimate of drug-likeness (QED) is 0.861. The van der Waals surface area contributed by atoms with E-state index >= 15 is 0 Å². The predicted octanol–water partition coefficient (Wildman–Crippen LogP) is 0.937. The van der Waals surface area contributed by atoms with E-state index in [-0.39, 0.29) is 10.9 Å². The van der Waals surface area contributed by atoms with Gasteiger partial charge in [-0.3, -0.25) is 0 Å². The van der Waals surface area contributed by atoms with Crippen molar-refractivity contribution in [3.63, 3.8) is 0 Å². The van der Waals surface area contributed by atoms with Gasteiger partial charge in [0.15, 0.2) is 0 Å². The molecular formula is C11H18N4O2S. The van der Waals surface area contributed by atoms with Crippen LogP contribution in [0.4, 0.5) is 5.95 Å². The molecule has 100 valence electrons. The molecule has 1 N–H and O–H groups in total. The molecule has 18 heavy (non-hydrogen) atoms. The fourth-order valence-electron chi connectivity index (χ4n) is 1.84. The Labute approximate surface area is 107 Å². The zero-order valence-corrected chi connectivity index (χ0v) is 11.6. The molecule has 1 aromatic rings. The minimum Gasteiger partial charge on any atom is -0.357 e. The summed E-state index contributed by atoms with van der Waals surface area (Å²) in [7, 11) is -0.187. The van der Waals surface area contributed by atoms with Crippen molar-refractivity contribution in [2.75, 3.05) is 19.4 Å². The normalized spacial score (nSPS) is 17.8. The molecule has 1 aliphatic carbocycles. The van der Waals surface area contributed by atoms with Crippen LogP contribution in [0.15, 0.2) is 17.3 Å². The van der Waals surface area contributed by atoms with Gasteiger partial charge in [0.05, 0.1) is 12.4 Å². The summed E-state index contributed by atoms with van der Waals surface area (Å²) in [6.07, 6.45) is 4.89. The molecule has 6 nitrogen and oxygen atoms in total. The van der Waals surface area contributed by atoms with Gasteiger partial charge in [-0.1, -0.05) is 0 Å². The second-order valence-corrected chi connectivity index (χ2v) is 6.59. The van der Waals surface area contributed by atoms with Gasteiger partial charge in [0.1, 0.15) is 4.90 Å². The molecule has 0 saturated heterocycles. The van der Waals surface area contributed by atoms with Crippen LogP contribution in [0, 0.1) is 5.92 Å². The zero-order chi connectivity index (χ0) is 13.3. The summed E-state index contributed by atoms with van der Waals surface area (Å²) >= 11 is 0. The Balaban J connectivity index is 2.23. The Morgan fingerprint density at radius 2 is 1.94 bits per heavy atom. The van der Waals surface area contributed by atoms with Crippen molar-refractivity contribution in [1.82, 2.24) is 14.3 Å². The second kappa shape index (κ2) is 4.81. The lowest BCUT2D eigenvalue weighted by Crippen LogP contribution is -2.36. The van der Waals surface area contributed by atoms with Crippen LogP contribution in [-0.2, 0) is 10.0 Å². The van der Waals surface area contributed by atoms with E-state index < -0.39 is 10.0 Å². The molecular weight excluding hydrogens is 252 g/mol. The third-order valence-corrected chi connectivity index (χ3v) is 5.30. The van der Waals surface area contributed by atoms with Crippen LogP contribution in [0.5, 0.6) is 0 Å². The third kappa shape index (κ3) is 2.46. The molecule has 0 aliphatic heterocycles. The molecule has 2 rings (SSSR count). The Morgan fingerprint density at radius 3 is 2.39 bits per heavy atom. The van der Waals surface area contributed by atoms with E-state index in [1.807, 2.05) is 6.92 Å². The van der Waals surface area contributed by atoms with Gasteiger partial charge < -0.3 is 5.32 Å². The summed E-state index contributed by atoms with van der Waals surface area (Å²) in [6.45, 7) is 1.94. The predicted molar refractivity (Wildman–Crippen MR) is 68.7 cm³/mol. The van der Waals surface area contributed by atoms with E-state index in [9.17, 15) is 8.42 Å². The van der Waals surface area contributed by atoms with E-state index in [1.165, 1.54) is 16.7 Å². The molecule has 1 aliphatic rings. The number of rotatable bonds is 5. The van der Waals surface area contributed by atoms with E-state index in [2.05, 4.69) is 15.3 Å². The monoisotopic (exact) mass is 270 g/mol. The highest BCUT2D eigenvalue weighted by Crippen LogP contribution is 2.36. The molecule has 7 heteroatoms. The SMILES string of the molecule is CNc1ncc(S(=O)(=O)N(C)C(C)C2CC2)cn1. The summed E-state index contributed by atoms with van der Waals surface area (Å²) in [5, 5.41) is 2.76. The Bertz CT molecular complexity index is 510. The zero-order valence-electron chi connectivity index (χ0n) is 10.8. The van der Waals surface area contributed by atoms with Crippen molar-refractivity contribution >= 4 is 16.0 Å². The lowest BCUT2D eigenvalue weighted by molar-refractivity contribution is 0.357. The Morgan fingerprint density at radius 1 is 1.39 bits per heavy atom. The molecule has 1 aromatic heterocycles. The van der Waals surface area contributed by atoms with Crippen molar-refractivity contribution in [1.29, 1.82) is 0 Å². The maximum Gasteiger partial charge on any atom is 0.246 e. The molecule has 1 fully saturated rings. The second-order valence-electron chi connectivity index (χ2n) is 4.59. The fraction of sp³-hybridized carbons (Fsp3) is 0.636. The number of hydrogen-bond donors (Lipinski definition) is 1. The van der Waals surface area contributed by atoms with Crippen molar-refractivity contribution in [3.8, 4) is 0 Å². The van der Waals surface area contributed by atoms with Crippen molar-refractivity contribution in [2.45, 2.75) is 30.7 Å². The number of anilines is 1. The molecule has 0 amide bonds. The topological polar surface area (TPSA) is 75.2 Å². The lowest BCUT2D eigenvalue weighted by atomic mass is 10.2. The first-order chi connectivity index (χ1) is 8.46. The standard InChI is InChI=1S/C11H18N4O2S/c1-8(9-4-5-9)15(3)18(16,17)10-6-13-11(12-2)14-7-10/h6-9H,4-5H2,1-3H3,(H,12,13,14). The average Bonchev–Trinajstić information content (AvgIpc) is 3.21. The Kier molecular flexibility index (Phi) is 3.54. The molecule has 1 unspecified atom stereocenters. The van der Waals surface area contributed by atoms with Crippen LogP contribution in [0.3, 0.4) is 0 Å². The van der Waals surface area contributed by atoms with E-state index in [0.29, 0.717) is 11.9 Å². The first-order valence-corrected chi connectivity index (χ1v) is 7.38. The number of nitrogens with one attached hydrogen (secondary N) is 1. The highest BCUT2D eigenvalue weighted by molar-refractivity contribution is 7.89. The minimum absolute atomic E-state index is 0.0268. The largest absolute Gasteiger partial charge is 0.357 e.